The van der Waals surface area contributed by atoms with E-state index in [4.69, 9.17) is 11.5 Å². The summed E-state index contributed by atoms with van der Waals surface area (Å²) in [7, 11) is 0. The van der Waals surface area contributed by atoms with Crippen molar-refractivity contribution in [2.75, 3.05) is 38.0 Å². The van der Waals surface area contributed by atoms with Gasteiger partial charge in [-0.05, 0) is 100 Å². The maximum atomic E-state index is 13.0. The van der Waals surface area contributed by atoms with Crippen molar-refractivity contribution in [3.63, 3.8) is 0 Å². The van der Waals surface area contributed by atoms with Gasteiger partial charge in [0.25, 0.3) is 0 Å². The molecule has 11 nitrogen and oxygen atoms in total. The molecule has 4 aliphatic rings. The Kier molecular flexibility index (Phi) is 8.32. The summed E-state index contributed by atoms with van der Waals surface area (Å²) in [4.78, 5) is 48.5. The molecule has 0 radical (unpaired) electrons. The molecule has 2 heterocycles. The topological polar surface area (TPSA) is 143 Å². The van der Waals surface area contributed by atoms with Gasteiger partial charge in [-0.15, -0.1) is 0 Å². The molecule has 3 unspecified atom stereocenters. The van der Waals surface area contributed by atoms with E-state index in [0.29, 0.717) is 44.3 Å². The lowest BCUT2D eigenvalue weighted by Crippen LogP contribution is -2.58. The first kappa shape index (κ1) is 29.8. The molecule has 0 spiro atoms. The number of urea groups is 1. The number of anilines is 1. The molecule has 3 fully saturated rings. The molecule has 1 aromatic carbocycles. The summed E-state index contributed by atoms with van der Waals surface area (Å²) < 4.78 is 1.53. The number of aromatic nitrogens is 2. The van der Waals surface area contributed by atoms with Crippen LogP contribution in [0.25, 0.3) is 5.69 Å². The van der Waals surface area contributed by atoms with Crippen LogP contribution >= 0.6 is 0 Å². The van der Waals surface area contributed by atoms with Gasteiger partial charge in [0.2, 0.25) is 5.91 Å². The zero-order valence-corrected chi connectivity index (χ0v) is 25.5. The van der Waals surface area contributed by atoms with Crippen LogP contribution in [0.15, 0.2) is 35.3 Å². The molecule has 6 rings (SSSR count). The third-order valence-corrected chi connectivity index (χ3v) is 9.66. The first-order valence-electron chi connectivity index (χ1n) is 15.9. The van der Waals surface area contributed by atoms with Gasteiger partial charge >= 0.3 is 11.7 Å². The highest BCUT2D eigenvalue weighted by Crippen LogP contribution is 2.37. The Morgan fingerprint density at radius 1 is 1.00 bits per heavy atom. The molecule has 43 heavy (non-hydrogen) atoms. The molecule has 2 aromatic rings. The Labute approximate surface area is 253 Å². The molecule has 5 N–H and O–H groups in total. The fraction of sp³-hybridized carbons (Fsp3) is 0.625. The number of aryl methyl sites for hydroxylation is 1. The summed E-state index contributed by atoms with van der Waals surface area (Å²) >= 11 is 0. The Morgan fingerprint density at radius 3 is 2.40 bits per heavy atom. The molecule has 11 heteroatoms. The summed E-state index contributed by atoms with van der Waals surface area (Å²) in [6.45, 7) is 6.16. The Balaban J connectivity index is 1.08. The molecule has 3 amide bonds. The third kappa shape index (κ3) is 6.78. The number of hydrogen-bond donors (Lipinski definition) is 3. The van der Waals surface area contributed by atoms with Crippen molar-refractivity contribution in [1.82, 2.24) is 24.3 Å². The van der Waals surface area contributed by atoms with Gasteiger partial charge in [-0.3, -0.25) is 19.6 Å². The highest BCUT2D eigenvalue weighted by Gasteiger charge is 2.37. The smallest absolute Gasteiger partial charge is 0.338 e. The molecule has 0 bridgehead atoms. The fourth-order valence-corrected chi connectivity index (χ4v) is 7.02. The van der Waals surface area contributed by atoms with Crippen molar-refractivity contribution in [2.24, 2.45) is 17.4 Å². The summed E-state index contributed by atoms with van der Waals surface area (Å²) in [5.74, 6) is 0.929. The van der Waals surface area contributed by atoms with Crippen molar-refractivity contribution >= 4 is 17.8 Å². The second-order valence-corrected chi connectivity index (χ2v) is 13.6. The number of fused-ring (bicyclic) bond motifs is 1. The van der Waals surface area contributed by atoms with Gasteiger partial charge in [-0.1, -0.05) is 6.07 Å². The van der Waals surface area contributed by atoms with E-state index in [1.165, 1.54) is 41.5 Å². The van der Waals surface area contributed by atoms with Crippen molar-refractivity contribution in [2.45, 2.75) is 88.9 Å². The Morgan fingerprint density at radius 2 is 1.74 bits per heavy atom. The van der Waals surface area contributed by atoms with E-state index in [2.05, 4.69) is 27.3 Å². The number of hydrogen-bond acceptors (Lipinski definition) is 7. The predicted octanol–water partition coefficient (Wildman–Crippen LogP) is 2.10. The van der Waals surface area contributed by atoms with E-state index < -0.39 is 11.2 Å². The molecule has 2 saturated carbocycles. The van der Waals surface area contributed by atoms with Crippen LogP contribution in [0.3, 0.4) is 0 Å². The number of nitrogens with zero attached hydrogens (tertiary/aromatic N) is 5. The average molecular weight is 591 g/mol. The number of carbonyl (C=O) groups is 2. The maximum Gasteiger partial charge on any atom is 0.354 e. The summed E-state index contributed by atoms with van der Waals surface area (Å²) in [5.41, 5.74) is 14.3. The van der Waals surface area contributed by atoms with E-state index in [0.717, 1.165) is 43.7 Å². The van der Waals surface area contributed by atoms with E-state index in [9.17, 15) is 14.4 Å². The van der Waals surface area contributed by atoms with Crippen LogP contribution in [0.1, 0.15) is 63.5 Å². The molecule has 3 atom stereocenters. The van der Waals surface area contributed by atoms with Crippen LogP contribution in [0, 0.1) is 5.92 Å². The van der Waals surface area contributed by atoms with E-state index in [1.807, 2.05) is 6.07 Å². The normalized spacial score (nSPS) is 24.3. The minimum Gasteiger partial charge on any atom is -0.338 e. The zero-order chi connectivity index (χ0) is 30.3. The lowest BCUT2D eigenvalue weighted by atomic mass is 9.86. The molecular formula is C32H46N8O3. The number of amides is 3. The highest BCUT2D eigenvalue weighted by molar-refractivity contribution is 5.89. The number of carbonyl (C=O) groups excluding carboxylic acids is 2. The highest BCUT2D eigenvalue weighted by atomic mass is 16.2. The molecule has 1 aromatic heterocycles. The van der Waals surface area contributed by atoms with Crippen LogP contribution in [0.5, 0.6) is 0 Å². The van der Waals surface area contributed by atoms with Gasteiger partial charge in [0, 0.05) is 57.0 Å². The fourth-order valence-electron chi connectivity index (χ4n) is 7.02. The minimum absolute atomic E-state index is 0.135. The monoisotopic (exact) mass is 590 g/mol. The lowest BCUT2D eigenvalue weighted by molar-refractivity contribution is -0.137. The zero-order valence-electron chi connectivity index (χ0n) is 25.5. The number of nitrogens with one attached hydrogen (secondary N) is 1. The summed E-state index contributed by atoms with van der Waals surface area (Å²) in [6.07, 6.45) is 11.0. The van der Waals surface area contributed by atoms with E-state index >= 15 is 0 Å². The van der Waals surface area contributed by atoms with Gasteiger partial charge in [-0.25, -0.2) is 9.59 Å². The van der Waals surface area contributed by atoms with Gasteiger partial charge < -0.3 is 21.3 Å². The summed E-state index contributed by atoms with van der Waals surface area (Å²) in [6, 6.07) is 9.10. The van der Waals surface area contributed by atoms with Crippen LogP contribution in [0.4, 0.5) is 10.6 Å². The quantitative estimate of drug-likeness (QED) is 0.448. The standard InChI is InChI=1S/C32H46N8O3/c1-32(2,34)29(41)37-13-15-38(16-14-37)30(42)35-28-11-12-39(31(43)36-28)25-8-5-23-18-26(9-6-22(23)17-25)40(20-21-3-4-21)27-10-7-24(33)19-27/h5,8,11-12,17,21,24,26-27H,3-4,6-7,9-10,13-16,18-20,33-34H2,1-2H3,(H,35,36,42,43). The molecular weight excluding hydrogens is 544 g/mol. The second kappa shape index (κ2) is 12.0. The van der Waals surface area contributed by atoms with Crippen LogP contribution in [0.2, 0.25) is 0 Å². The van der Waals surface area contributed by atoms with E-state index in [1.54, 1.807) is 35.9 Å². The maximum absolute atomic E-state index is 13.0. The molecule has 3 aliphatic carbocycles. The first-order valence-corrected chi connectivity index (χ1v) is 15.9. The molecule has 1 aliphatic heterocycles. The number of benzene rings is 1. The Hall–Kier alpha value is -3.28. The lowest BCUT2D eigenvalue weighted by Gasteiger charge is -2.39. The van der Waals surface area contributed by atoms with Crippen molar-refractivity contribution in [3.8, 4) is 5.69 Å². The van der Waals surface area contributed by atoms with Gasteiger partial charge in [-0.2, -0.15) is 4.98 Å². The van der Waals surface area contributed by atoms with E-state index in [-0.39, 0.29) is 17.8 Å². The SMILES string of the molecule is CC(C)(N)C(=O)N1CCN(C(=O)Nc2ccn(-c3ccc4c(c3)CCC(N(CC3CC3)C3CCC(N)C3)C4)c(=O)n2)CC1. The van der Waals surface area contributed by atoms with Crippen LogP contribution < -0.4 is 22.5 Å². The number of rotatable bonds is 7. The number of piperazine rings is 1. The molecule has 1 saturated heterocycles. The van der Waals surface area contributed by atoms with Gasteiger partial charge in [0.1, 0.15) is 5.82 Å². The van der Waals surface area contributed by atoms with Crippen molar-refractivity contribution < 1.29 is 9.59 Å². The predicted molar refractivity (Wildman–Crippen MR) is 166 cm³/mol. The first-order chi connectivity index (χ1) is 20.5. The largest absolute Gasteiger partial charge is 0.354 e. The number of nitrogens with two attached hydrogens (primary N) is 2. The van der Waals surface area contributed by atoms with Crippen LogP contribution in [-0.2, 0) is 17.6 Å². The van der Waals surface area contributed by atoms with Crippen molar-refractivity contribution in [1.29, 1.82) is 0 Å². The Bertz CT molecular complexity index is 1410. The van der Waals surface area contributed by atoms with Crippen molar-refractivity contribution in [3.05, 3.63) is 52.1 Å². The van der Waals surface area contributed by atoms with Gasteiger partial charge in [0.05, 0.1) is 11.2 Å². The summed E-state index contributed by atoms with van der Waals surface area (Å²) in [5, 5.41) is 2.74. The third-order valence-electron chi connectivity index (χ3n) is 9.66. The molecule has 232 valence electrons. The van der Waals surface area contributed by atoms with Crippen LogP contribution in [-0.4, -0.2) is 92.6 Å². The second-order valence-electron chi connectivity index (χ2n) is 13.6. The average Bonchev–Trinajstić information content (AvgIpc) is 3.71. The minimum atomic E-state index is -0.945. The van der Waals surface area contributed by atoms with Gasteiger partial charge in [0.15, 0.2) is 0 Å².